The molecule has 0 saturated carbocycles. The lowest BCUT2D eigenvalue weighted by atomic mass is 10.1. The molecule has 0 bridgehead atoms. The van der Waals surface area contributed by atoms with Gasteiger partial charge in [0.15, 0.2) is 5.82 Å². The average molecular weight is 514 g/mol. The van der Waals surface area contributed by atoms with E-state index in [2.05, 4.69) is 10.0 Å². The first-order valence-electron chi connectivity index (χ1n) is 11.5. The number of amides is 2. The quantitative estimate of drug-likeness (QED) is 0.325. The Bertz CT molecular complexity index is 1250. The van der Waals surface area contributed by atoms with Gasteiger partial charge in [0.05, 0.1) is 18.7 Å². The maximum Gasteiger partial charge on any atom is 0.407 e. The number of hydrogen-bond donors (Lipinski definition) is 2. The summed E-state index contributed by atoms with van der Waals surface area (Å²) in [6.45, 7) is 6.01. The highest BCUT2D eigenvalue weighted by atomic mass is 32.2. The molecule has 0 atom stereocenters. The summed E-state index contributed by atoms with van der Waals surface area (Å²) in [6.07, 6.45) is -0.533. The van der Waals surface area contributed by atoms with Crippen LogP contribution in [0.15, 0.2) is 54.6 Å². The monoisotopic (exact) mass is 513 g/mol. The van der Waals surface area contributed by atoms with Crippen molar-refractivity contribution in [2.24, 2.45) is 0 Å². The number of alkyl carbamates (subject to hydrolysis) is 1. The number of carbonyl (C=O) groups is 2. The molecule has 1 heterocycles. The normalized spacial score (nSPS) is 13.4. The van der Waals surface area contributed by atoms with Crippen LogP contribution in [0.3, 0.4) is 0 Å². The van der Waals surface area contributed by atoms with Crippen LogP contribution in [0.2, 0.25) is 0 Å². The second-order valence-electron chi connectivity index (χ2n) is 9.12. The van der Waals surface area contributed by atoms with Crippen LogP contribution in [0, 0.1) is 5.82 Å². The van der Waals surface area contributed by atoms with E-state index >= 15 is 4.39 Å². The number of hydrogen-bond acceptors (Lipinski definition) is 7. The molecule has 0 unspecified atom stereocenters. The Morgan fingerprint density at radius 1 is 1.14 bits per heavy atom. The van der Waals surface area contributed by atoms with Crippen LogP contribution in [0.5, 0.6) is 11.5 Å². The highest BCUT2D eigenvalue weighted by molar-refractivity contribution is 7.99. The topological polar surface area (TPSA) is 89.1 Å². The molecule has 1 fully saturated rings. The van der Waals surface area contributed by atoms with Crippen molar-refractivity contribution in [3.05, 3.63) is 66.0 Å². The molecular formula is C26H28FN3O5S. The molecule has 1 aliphatic heterocycles. The number of halogens is 1. The molecule has 3 aromatic carbocycles. The smallest absolute Gasteiger partial charge is 0.407 e. The number of benzene rings is 3. The van der Waals surface area contributed by atoms with E-state index in [-0.39, 0.29) is 37.9 Å². The summed E-state index contributed by atoms with van der Waals surface area (Å²) in [5.41, 5.74) is 0.539. The third kappa shape index (κ3) is 6.51. The Balaban J connectivity index is 1.52. The van der Waals surface area contributed by atoms with E-state index in [1.54, 1.807) is 45.0 Å². The molecular weight excluding hydrogens is 485 g/mol. The molecule has 36 heavy (non-hydrogen) atoms. The van der Waals surface area contributed by atoms with Gasteiger partial charge in [0.25, 0.3) is 5.91 Å². The van der Waals surface area contributed by atoms with Crippen molar-refractivity contribution in [3.8, 4) is 11.5 Å². The molecule has 0 aliphatic carbocycles. The van der Waals surface area contributed by atoms with Crippen LogP contribution < -0.4 is 23.8 Å². The summed E-state index contributed by atoms with van der Waals surface area (Å²) in [6, 6.07) is 16.4. The number of ether oxygens (including phenoxy) is 3. The number of carbonyl (C=O) groups excluding carboxylic acids is 2. The van der Waals surface area contributed by atoms with Crippen molar-refractivity contribution >= 4 is 40.6 Å². The summed E-state index contributed by atoms with van der Waals surface area (Å²) in [7, 11) is 0. The lowest BCUT2D eigenvalue weighted by Gasteiger charge is -2.21. The van der Waals surface area contributed by atoms with Crippen molar-refractivity contribution in [2.75, 3.05) is 24.0 Å². The van der Waals surface area contributed by atoms with Crippen molar-refractivity contribution < 1.29 is 28.2 Å². The van der Waals surface area contributed by atoms with E-state index in [0.717, 1.165) is 17.7 Å². The summed E-state index contributed by atoms with van der Waals surface area (Å²) >= 11 is 1.02. The third-order valence-corrected chi connectivity index (χ3v) is 5.92. The van der Waals surface area contributed by atoms with Gasteiger partial charge in [-0.15, -0.1) is 0 Å². The van der Waals surface area contributed by atoms with Crippen molar-refractivity contribution in [1.82, 2.24) is 10.0 Å². The van der Waals surface area contributed by atoms with Crippen LogP contribution in [-0.2, 0) is 16.1 Å². The zero-order valence-corrected chi connectivity index (χ0v) is 21.1. The lowest BCUT2D eigenvalue weighted by molar-refractivity contribution is -0.117. The van der Waals surface area contributed by atoms with Gasteiger partial charge in [-0.3, -0.25) is 13.8 Å². The number of rotatable bonds is 8. The lowest BCUT2D eigenvalue weighted by Crippen LogP contribution is -2.34. The molecule has 3 aromatic rings. The summed E-state index contributed by atoms with van der Waals surface area (Å²) < 4.78 is 36.9. The Morgan fingerprint density at radius 3 is 2.61 bits per heavy atom. The van der Waals surface area contributed by atoms with Gasteiger partial charge >= 0.3 is 6.09 Å². The Morgan fingerprint density at radius 2 is 1.92 bits per heavy atom. The van der Waals surface area contributed by atoms with E-state index in [1.807, 2.05) is 30.3 Å². The predicted octanol–water partition coefficient (Wildman–Crippen LogP) is 4.96. The molecule has 4 rings (SSSR count). The molecule has 190 valence electrons. The van der Waals surface area contributed by atoms with E-state index in [4.69, 9.17) is 14.2 Å². The van der Waals surface area contributed by atoms with Crippen molar-refractivity contribution in [2.45, 2.75) is 33.0 Å². The van der Waals surface area contributed by atoms with Crippen LogP contribution >= 0.6 is 12.1 Å². The molecule has 0 aromatic heterocycles. The molecule has 1 aliphatic rings. The second-order valence-corrected chi connectivity index (χ2v) is 9.95. The van der Waals surface area contributed by atoms with Gasteiger partial charge < -0.3 is 19.5 Å². The molecule has 2 N–H and O–H groups in total. The SMILES string of the molecule is CC(C)(C)OC(=O)NCCOc1ccc2cc(OCc3ccccc3)c(N3CC(=O)NS3)c(F)c2c1. The molecule has 0 spiro atoms. The predicted molar refractivity (Wildman–Crippen MR) is 137 cm³/mol. The van der Waals surface area contributed by atoms with Gasteiger partial charge in [-0.2, -0.15) is 0 Å². The Hall–Kier alpha value is -3.66. The van der Waals surface area contributed by atoms with Crippen LogP contribution in [0.25, 0.3) is 10.8 Å². The maximum atomic E-state index is 15.9. The molecule has 0 radical (unpaired) electrons. The largest absolute Gasteiger partial charge is 0.492 e. The molecule has 1 saturated heterocycles. The number of fused-ring (bicyclic) bond motifs is 1. The van der Waals surface area contributed by atoms with Crippen molar-refractivity contribution in [3.63, 3.8) is 0 Å². The molecule has 2 amide bonds. The summed E-state index contributed by atoms with van der Waals surface area (Å²) in [4.78, 5) is 23.6. The van der Waals surface area contributed by atoms with Gasteiger partial charge in [-0.1, -0.05) is 36.4 Å². The van der Waals surface area contributed by atoms with Gasteiger partial charge in [0.1, 0.15) is 42.5 Å². The van der Waals surface area contributed by atoms with Gasteiger partial charge in [-0.05, 0) is 49.9 Å². The average Bonchev–Trinajstić information content (AvgIpc) is 3.26. The first-order chi connectivity index (χ1) is 17.2. The van der Waals surface area contributed by atoms with Gasteiger partial charge in [0, 0.05) is 5.39 Å². The first-order valence-corrected chi connectivity index (χ1v) is 12.2. The number of nitrogens with zero attached hydrogens (tertiary/aromatic N) is 1. The fourth-order valence-corrected chi connectivity index (χ4v) is 4.25. The number of anilines is 1. The fraction of sp³-hybridized carbons (Fsp3) is 0.308. The fourth-order valence-electron chi connectivity index (χ4n) is 3.53. The molecule has 10 heteroatoms. The minimum Gasteiger partial charge on any atom is -0.492 e. The van der Waals surface area contributed by atoms with E-state index in [1.165, 1.54) is 4.31 Å². The summed E-state index contributed by atoms with van der Waals surface area (Å²) in [5.74, 6) is 0.0441. The van der Waals surface area contributed by atoms with Crippen molar-refractivity contribution in [1.29, 1.82) is 0 Å². The zero-order chi connectivity index (χ0) is 25.7. The highest BCUT2D eigenvalue weighted by Gasteiger charge is 2.28. The number of nitrogens with one attached hydrogen (secondary N) is 2. The summed E-state index contributed by atoms with van der Waals surface area (Å²) in [5, 5.41) is 3.57. The molecule has 8 nitrogen and oxygen atoms in total. The Kier molecular flexibility index (Phi) is 7.73. The second kappa shape index (κ2) is 10.9. The minimum absolute atomic E-state index is 0.00131. The van der Waals surface area contributed by atoms with Crippen LogP contribution in [-0.4, -0.2) is 37.3 Å². The zero-order valence-electron chi connectivity index (χ0n) is 20.3. The van der Waals surface area contributed by atoms with Crippen LogP contribution in [0.4, 0.5) is 14.9 Å². The Labute approximate surface area is 213 Å². The third-order valence-electron chi connectivity index (χ3n) is 5.07. The van der Waals surface area contributed by atoms with E-state index in [0.29, 0.717) is 22.3 Å². The van der Waals surface area contributed by atoms with Gasteiger partial charge in [0.2, 0.25) is 0 Å². The maximum absolute atomic E-state index is 15.9. The first kappa shape index (κ1) is 25.4. The van der Waals surface area contributed by atoms with E-state index < -0.39 is 17.5 Å². The highest BCUT2D eigenvalue weighted by Crippen LogP contribution is 2.41. The van der Waals surface area contributed by atoms with Gasteiger partial charge in [-0.25, -0.2) is 9.18 Å². The van der Waals surface area contributed by atoms with E-state index in [9.17, 15) is 9.59 Å². The minimum atomic E-state index is -0.587. The standard InChI is InChI=1S/C26H28FN3O5S/c1-26(2,3)35-25(32)28-11-12-33-19-10-9-18-13-21(34-16-17-7-5-4-6-8-17)24(23(27)20(18)14-19)30-15-22(31)29-36-30/h4-10,13-14H,11-12,15-16H2,1-3H3,(H,28,32)(H,29,31). The van der Waals surface area contributed by atoms with Crippen LogP contribution in [0.1, 0.15) is 26.3 Å².